The molecule has 1 aromatic carbocycles. The van der Waals surface area contributed by atoms with Gasteiger partial charge in [0.2, 0.25) is 0 Å². The summed E-state index contributed by atoms with van der Waals surface area (Å²) in [5.74, 6) is 1.85. The summed E-state index contributed by atoms with van der Waals surface area (Å²) in [7, 11) is 0. The highest BCUT2D eigenvalue weighted by molar-refractivity contribution is 5.15. The van der Waals surface area contributed by atoms with Crippen LogP contribution in [0.25, 0.3) is 0 Å². The molecule has 1 N–H and O–H groups in total. The van der Waals surface area contributed by atoms with Crippen molar-refractivity contribution in [2.75, 3.05) is 13.1 Å². The predicted octanol–water partition coefficient (Wildman–Crippen LogP) is 3.00. The first-order chi connectivity index (χ1) is 9.38. The molecule has 0 saturated heterocycles. The number of nitrogens with one attached hydrogen (secondary N) is 1. The topological polar surface area (TPSA) is 38.1 Å². The van der Waals surface area contributed by atoms with Crippen LogP contribution in [0.4, 0.5) is 0 Å². The van der Waals surface area contributed by atoms with E-state index in [1.165, 1.54) is 5.56 Å². The number of aromatic nitrogens is 1. The van der Waals surface area contributed by atoms with Crippen molar-refractivity contribution in [1.29, 1.82) is 0 Å². The first-order valence-electron chi connectivity index (χ1n) is 7.06. The lowest BCUT2D eigenvalue weighted by molar-refractivity contribution is 0.446. The molecular formula is C16H22N2O. The Hall–Kier alpha value is -1.61. The highest BCUT2D eigenvalue weighted by Gasteiger charge is 2.04. The van der Waals surface area contributed by atoms with Crippen molar-refractivity contribution in [2.24, 2.45) is 0 Å². The Morgan fingerprint density at radius 2 is 1.95 bits per heavy atom. The Morgan fingerprint density at radius 1 is 1.11 bits per heavy atom. The third kappa shape index (κ3) is 4.87. The van der Waals surface area contributed by atoms with Crippen LogP contribution in [0.1, 0.15) is 30.6 Å². The van der Waals surface area contributed by atoms with Gasteiger partial charge in [0.05, 0.1) is 6.20 Å². The molecular weight excluding hydrogens is 236 g/mol. The number of nitrogens with zero attached hydrogens (tertiary/aromatic N) is 1. The van der Waals surface area contributed by atoms with Crippen molar-refractivity contribution < 1.29 is 4.42 Å². The Morgan fingerprint density at radius 3 is 2.74 bits per heavy atom. The smallest absolute Gasteiger partial charge is 0.194 e. The average Bonchev–Trinajstić information content (AvgIpc) is 2.91. The lowest BCUT2D eigenvalue weighted by atomic mass is 10.1. The largest absolute Gasteiger partial charge is 0.446 e. The number of oxazole rings is 1. The SMILES string of the molecule is CCNCCCc1ncc(CCc2ccccc2)o1. The van der Waals surface area contributed by atoms with Gasteiger partial charge in [0, 0.05) is 12.8 Å². The molecule has 0 aliphatic rings. The molecule has 0 spiro atoms. The second-order valence-corrected chi connectivity index (χ2v) is 4.66. The molecule has 0 amide bonds. The summed E-state index contributed by atoms with van der Waals surface area (Å²) >= 11 is 0. The maximum Gasteiger partial charge on any atom is 0.194 e. The van der Waals surface area contributed by atoms with E-state index < -0.39 is 0 Å². The van der Waals surface area contributed by atoms with Crippen LogP contribution in [0, 0.1) is 0 Å². The number of aryl methyl sites for hydroxylation is 3. The molecule has 2 aromatic rings. The number of benzene rings is 1. The maximum atomic E-state index is 5.75. The van der Waals surface area contributed by atoms with E-state index in [9.17, 15) is 0 Å². The second-order valence-electron chi connectivity index (χ2n) is 4.66. The van der Waals surface area contributed by atoms with Gasteiger partial charge in [0.25, 0.3) is 0 Å². The van der Waals surface area contributed by atoms with Crippen molar-refractivity contribution in [1.82, 2.24) is 10.3 Å². The maximum absolute atomic E-state index is 5.75. The van der Waals surface area contributed by atoms with Gasteiger partial charge in [-0.3, -0.25) is 0 Å². The molecule has 0 aliphatic heterocycles. The first-order valence-corrected chi connectivity index (χ1v) is 7.06. The minimum absolute atomic E-state index is 0.862. The molecule has 2 rings (SSSR count). The normalized spacial score (nSPS) is 10.8. The molecule has 3 heteroatoms. The van der Waals surface area contributed by atoms with Gasteiger partial charge in [-0.15, -0.1) is 0 Å². The first kappa shape index (κ1) is 13.8. The summed E-state index contributed by atoms with van der Waals surface area (Å²) < 4.78 is 5.75. The lowest BCUT2D eigenvalue weighted by Gasteiger charge is -1.99. The van der Waals surface area contributed by atoms with Crippen LogP contribution >= 0.6 is 0 Å². The summed E-state index contributed by atoms with van der Waals surface area (Å²) in [6.07, 6.45) is 5.79. The number of rotatable bonds is 8. The molecule has 0 aliphatic carbocycles. The Balaban J connectivity index is 1.74. The van der Waals surface area contributed by atoms with Gasteiger partial charge in [0.1, 0.15) is 5.76 Å². The monoisotopic (exact) mass is 258 g/mol. The van der Waals surface area contributed by atoms with Gasteiger partial charge in [0.15, 0.2) is 5.89 Å². The Kier molecular flexibility index (Phi) is 5.63. The molecule has 1 heterocycles. The number of hydrogen-bond donors (Lipinski definition) is 1. The van der Waals surface area contributed by atoms with Crippen LogP contribution in [0.15, 0.2) is 40.9 Å². The van der Waals surface area contributed by atoms with Crippen LogP contribution < -0.4 is 5.32 Å². The van der Waals surface area contributed by atoms with E-state index in [2.05, 4.69) is 41.5 Å². The van der Waals surface area contributed by atoms with E-state index in [0.29, 0.717) is 0 Å². The fraction of sp³-hybridized carbons (Fsp3) is 0.438. The van der Waals surface area contributed by atoms with Crippen LogP contribution in [-0.4, -0.2) is 18.1 Å². The molecule has 0 unspecified atom stereocenters. The van der Waals surface area contributed by atoms with E-state index in [4.69, 9.17) is 4.42 Å². The standard InChI is InChI=1S/C16H22N2O/c1-2-17-12-6-9-16-18-13-15(19-16)11-10-14-7-4-3-5-8-14/h3-5,7-8,13,17H,2,6,9-12H2,1H3. The molecule has 1 aromatic heterocycles. The summed E-state index contributed by atoms with van der Waals surface area (Å²) in [4.78, 5) is 4.33. The third-order valence-corrected chi connectivity index (χ3v) is 3.10. The average molecular weight is 258 g/mol. The molecule has 0 radical (unpaired) electrons. The van der Waals surface area contributed by atoms with Crippen LogP contribution in [-0.2, 0) is 19.3 Å². The summed E-state index contributed by atoms with van der Waals surface area (Å²) in [6.45, 7) is 4.17. The van der Waals surface area contributed by atoms with Crippen LogP contribution in [0.2, 0.25) is 0 Å². The highest BCUT2D eigenvalue weighted by Crippen LogP contribution is 2.10. The number of hydrogen-bond acceptors (Lipinski definition) is 3. The van der Waals surface area contributed by atoms with Gasteiger partial charge in [-0.1, -0.05) is 37.3 Å². The van der Waals surface area contributed by atoms with Crippen LogP contribution in [0.5, 0.6) is 0 Å². The van der Waals surface area contributed by atoms with Crippen molar-refractivity contribution in [3.05, 3.63) is 53.7 Å². The predicted molar refractivity (Wildman–Crippen MR) is 77.2 cm³/mol. The molecule has 0 atom stereocenters. The van der Waals surface area contributed by atoms with Crippen molar-refractivity contribution >= 4 is 0 Å². The van der Waals surface area contributed by atoms with Gasteiger partial charge in [-0.25, -0.2) is 4.98 Å². The van der Waals surface area contributed by atoms with Gasteiger partial charge in [-0.2, -0.15) is 0 Å². The van der Waals surface area contributed by atoms with Gasteiger partial charge >= 0.3 is 0 Å². The molecule has 19 heavy (non-hydrogen) atoms. The molecule has 3 nitrogen and oxygen atoms in total. The lowest BCUT2D eigenvalue weighted by Crippen LogP contribution is -2.14. The Labute approximate surface area is 115 Å². The van der Waals surface area contributed by atoms with Gasteiger partial charge < -0.3 is 9.73 Å². The zero-order valence-electron chi connectivity index (χ0n) is 11.6. The van der Waals surface area contributed by atoms with E-state index in [1.807, 2.05) is 12.3 Å². The van der Waals surface area contributed by atoms with Gasteiger partial charge in [-0.05, 0) is 31.5 Å². The zero-order chi connectivity index (χ0) is 13.3. The minimum Gasteiger partial charge on any atom is -0.446 e. The molecule has 0 fully saturated rings. The second kappa shape index (κ2) is 7.74. The van der Waals surface area contributed by atoms with E-state index in [0.717, 1.165) is 50.4 Å². The summed E-state index contributed by atoms with van der Waals surface area (Å²) in [6, 6.07) is 10.5. The third-order valence-electron chi connectivity index (χ3n) is 3.10. The summed E-state index contributed by atoms with van der Waals surface area (Å²) in [5, 5.41) is 3.30. The minimum atomic E-state index is 0.862. The highest BCUT2D eigenvalue weighted by atomic mass is 16.4. The van der Waals surface area contributed by atoms with E-state index in [1.54, 1.807) is 0 Å². The Bertz CT molecular complexity index is 465. The quantitative estimate of drug-likeness (QED) is 0.740. The van der Waals surface area contributed by atoms with Crippen molar-refractivity contribution in [2.45, 2.75) is 32.6 Å². The van der Waals surface area contributed by atoms with Crippen molar-refractivity contribution in [3.8, 4) is 0 Å². The fourth-order valence-corrected chi connectivity index (χ4v) is 2.03. The summed E-state index contributed by atoms with van der Waals surface area (Å²) in [5.41, 5.74) is 1.34. The molecule has 0 saturated carbocycles. The van der Waals surface area contributed by atoms with E-state index >= 15 is 0 Å². The van der Waals surface area contributed by atoms with E-state index in [-0.39, 0.29) is 0 Å². The molecule has 102 valence electrons. The molecule has 0 bridgehead atoms. The van der Waals surface area contributed by atoms with Crippen molar-refractivity contribution in [3.63, 3.8) is 0 Å². The zero-order valence-corrected chi connectivity index (χ0v) is 11.6. The fourth-order valence-electron chi connectivity index (χ4n) is 2.03. The van der Waals surface area contributed by atoms with Crippen LogP contribution in [0.3, 0.4) is 0 Å².